The Morgan fingerprint density at radius 2 is 1.86 bits per heavy atom. The number of ether oxygens (including phenoxy) is 2. The van der Waals surface area contributed by atoms with E-state index in [0.717, 1.165) is 0 Å². The number of rotatable bonds is 6. The first-order valence-corrected chi connectivity index (χ1v) is 4.14. The third kappa shape index (κ3) is 17.4. The molecule has 1 atom stereocenters. The highest BCUT2D eigenvalue weighted by Gasteiger charge is 2.01. The molecule has 0 saturated heterocycles. The molecule has 0 aliphatic rings. The summed E-state index contributed by atoms with van der Waals surface area (Å²) in [5.74, 6) is -1.19. The number of carboxylic acids is 1. The van der Waals surface area contributed by atoms with Crippen molar-refractivity contribution in [3.63, 3.8) is 0 Å². The van der Waals surface area contributed by atoms with Gasteiger partial charge in [-0.1, -0.05) is 0 Å². The molecule has 0 heterocycles. The van der Waals surface area contributed by atoms with Gasteiger partial charge in [0.2, 0.25) is 0 Å². The summed E-state index contributed by atoms with van der Waals surface area (Å²) in [5.41, 5.74) is 0. The molecule has 0 radical (unpaired) electrons. The van der Waals surface area contributed by atoms with Crippen LogP contribution >= 0.6 is 0 Å². The van der Waals surface area contributed by atoms with Crippen LogP contribution in [0.1, 0.15) is 6.92 Å². The Kier molecular flexibility index (Phi) is 13.9. The van der Waals surface area contributed by atoms with Gasteiger partial charge in [0.25, 0.3) is 0 Å². The normalized spacial score (nSPS) is 11.4. The second-order valence-electron chi connectivity index (χ2n) is 2.34. The standard InChI is InChI=1S/C5H12O3.C3H6O3/c1-7-4-5-8-3-2-6;1-2(4)3(5)6/h6H,2-5H2,1H3;2,4H,1H3,(H,5,6)/t;2-/m.0/s1. The Morgan fingerprint density at radius 3 is 2.14 bits per heavy atom. The molecule has 0 aliphatic heterocycles. The predicted octanol–water partition coefficient (Wildman–Crippen LogP) is -0.907. The minimum absolute atomic E-state index is 0.0870. The zero-order valence-electron chi connectivity index (χ0n) is 8.47. The van der Waals surface area contributed by atoms with Crippen LogP contribution in [0.15, 0.2) is 0 Å². The summed E-state index contributed by atoms with van der Waals surface area (Å²) in [6, 6.07) is 0. The Hall–Kier alpha value is -0.690. The predicted molar refractivity (Wildman–Crippen MR) is 49.1 cm³/mol. The van der Waals surface area contributed by atoms with Crippen molar-refractivity contribution in [2.75, 3.05) is 33.5 Å². The molecule has 14 heavy (non-hydrogen) atoms. The second kappa shape index (κ2) is 12.3. The number of aliphatic hydroxyl groups excluding tert-OH is 2. The maximum absolute atomic E-state index is 9.45. The Bertz CT molecular complexity index is 119. The molecule has 0 bridgehead atoms. The Balaban J connectivity index is 0. The summed E-state index contributed by atoms with van der Waals surface area (Å²) < 4.78 is 9.53. The number of hydrogen-bond donors (Lipinski definition) is 3. The van der Waals surface area contributed by atoms with E-state index in [1.807, 2.05) is 0 Å². The summed E-state index contributed by atoms with van der Waals surface area (Å²) in [4.78, 5) is 9.45. The van der Waals surface area contributed by atoms with Gasteiger partial charge >= 0.3 is 5.97 Å². The van der Waals surface area contributed by atoms with E-state index in [-0.39, 0.29) is 6.61 Å². The highest BCUT2D eigenvalue weighted by atomic mass is 16.5. The van der Waals surface area contributed by atoms with E-state index >= 15 is 0 Å². The van der Waals surface area contributed by atoms with Crippen molar-refractivity contribution in [3.05, 3.63) is 0 Å². The molecule has 0 amide bonds. The fourth-order valence-corrected chi connectivity index (χ4v) is 0.309. The molecule has 0 rings (SSSR count). The van der Waals surface area contributed by atoms with Crippen LogP contribution < -0.4 is 0 Å². The van der Waals surface area contributed by atoms with Crippen molar-refractivity contribution < 1.29 is 29.6 Å². The topological polar surface area (TPSA) is 96.2 Å². The van der Waals surface area contributed by atoms with E-state index in [1.54, 1.807) is 7.11 Å². The molecule has 0 aromatic heterocycles. The molecule has 0 fully saturated rings. The maximum atomic E-state index is 9.45. The summed E-state index contributed by atoms with van der Waals surface area (Å²) in [5, 5.41) is 24.0. The number of aliphatic carboxylic acids is 1. The molecule has 6 nitrogen and oxygen atoms in total. The Labute approximate surface area is 83.1 Å². The fourth-order valence-electron chi connectivity index (χ4n) is 0.309. The van der Waals surface area contributed by atoms with Crippen LogP contribution in [0.4, 0.5) is 0 Å². The first kappa shape index (κ1) is 15.8. The average molecular weight is 210 g/mol. The third-order valence-electron chi connectivity index (χ3n) is 1.02. The molecule has 3 N–H and O–H groups in total. The molecule has 0 aliphatic carbocycles. The van der Waals surface area contributed by atoms with Gasteiger partial charge in [-0.2, -0.15) is 0 Å². The van der Waals surface area contributed by atoms with E-state index in [4.69, 9.17) is 20.1 Å². The van der Waals surface area contributed by atoms with Gasteiger partial charge in [0.05, 0.1) is 26.4 Å². The summed E-state index contributed by atoms with van der Waals surface area (Å²) in [6.45, 7) is 2.85. The smallest absolute Gasteiger partial charge is 0.332 e. The highest BCUT2D eigenvalue weighted by molar-refractivity contribution is 5.71. The lowest BCUT2D eigenvalue weighted by Gasteiger charge is -1.98. The lowest BCUT2D eigenvalue weighted by Crippen LogP contribution is -2.13. The average Bonchev–Trinajstić information content (AvgIpc) is 2.13. The maximum Gasteiger partial charge on any atom is 0.332 e. The van der Waals surface area contributed by atoms with Crippen molar-refractivity contribution in [1.29, 1.82) is 0 Å². The zero-order valence-corrected chi connectivity index (χ0v) is 8.47. The molecule has 0 saturated carbocycles. The van der Waals surface area contributed by atoms with Crippen LogP contribution in [0.3, 0.4) is 0 Å². The van der Waals surface area contributed by atoms with Gasteiger partial charge < -0.3 is 24.8 Å². The number of aliphatic hydroxyl groups is 2. The van der Waals surface area contributed by atoms with E-state index in [0.29, 0.717) is 19.8 Å². The van der Waals surface area contributed by atoms with Gasteiger partial charge in [-0.25, -0.2) is 4.79 Å². The third-order valence-corrected chi connectivity index (χ3v) is 1.02. The van der Waals surface area contributed by atoms with Crippen molar-refractivity contribution in [2.24, 2.45) is 0 Å². The summed E-state index contributed by atoms with van der Waals surface area (Å²) >= 11 is 0. The molecule has 0 aromatic carbocycles. The largest absolute Gasteiger partial charge is 0.479 e. The summed E-state index contributed by atoms with van der Waals surface area (Å²) in [7, 11) is 1.61. The van der Waals surface area contributed by atoms with Gasteiger partial charge in [-0.05, 0) is 6.92 Å². The number of methoxy groups -OCH3 is 1. The molecule has 0 spiro atoms. The van der Waals surface area contributed by atoms with Gasteiger partial charge in [-0.3, -0.25) is 0 Å². The molecule has 0 aromatic rings. The quantitative estimate of drug-likeness (QED) is 0.491. The van der Waals surface area contributed by atoms with Crippen LogP contribution in [-0.4, -0.2) is 60.9 Å². The highest BCUT2D eigenvalue weighted by Crippen LogP contribution is 1.73. The zero-order chi connectivity index (χ0) is 11.4. The van der Waals surface area contributed by atoms with Gasteiger partial charge in [0.1, 0.15) is 6.10 Å². The van der Waals surface area contributed by atoms with Gasteiger partial charge in [-0.15, -0.1) is 0 Å². The monoisotopic (exact) mass is 210 g/mol. The van der Waals surface area contributed by atoms with Crippen LogP contribution in [0, 0.1) is 0 Å². The fraction of sp³-hybridized carbons (Fsp3) is 0.875. The molecular formula is C8H18O6. The van der Waals surface area contributed by atoms with Crippen LogP contribution in [0.25, 0.3) is 0 Å². The van der Waals surface area contributed by atoms with Gasteiger partial charge in [0.15, 0.2) is 0 Å². The van der Waals surface area contributed by atoms with Crippen molar-refractivity contribution in [3.8, 4) is 0 Å². The molecule has 0 unspecified atom stereocenters. The molecule has 6 heteroatoms. The van der Waals surface area contributed by atoms with Crippen molar-refractivity contribution in [1.82, 2.24) is 0 Å². The molecular weight excluding hydrogens is 192 g/mol. The van der Waals surface area contributed by atoms with E-state index in [2.05, 4.69) is 4.74 Å². The van der Waals surface area contributed by atoms with Gasteiger partial charge in [0, 0.05) is 7.11 Å². The van der Waals surface area contributed by atoms with E-state index in [9.17, 15) is 4.79 Å². The van der Waals surface area contributed by atoms with Crippen molar-refractivity contribution >= 4 is 5.97 Å². The first-order valence-electron chi connectivity index (χ1n) is 4.14. The number of hydrogen-bond acceptors (Lipinski definition) is 5. The second-order valence-corrected chi connectivity index (χ2v) is 2.34. The van der Waals surface area contributed by atoms with E-state index in [1.165, 1.54) is 6.92 Å². The first-order chi connectivity index (χ1) is 6.56. The van der Waals surface area contributed by atoms with Crippen LogP contribution in [-0.2, 0) is 14.3 Å². The van der Waals surface area contributed by atoms with Crippen LogP contribution in [0.2, 0.25) is 0 Å². The van der Waals surface area contributed by atoms with E-state index < -0.39 is 12.1 Å². The lowest BCUT2D eigenvalue weighted by atomic mass is 10.4. The minimum atomic E-state index is -1.23. The molecule has 86 valence electrons. The summed E-state index contributed by atoms with van der Waals surface area (Å²) in [6.07, 6.45) is -1.23. The number of carboxylic acid groups (broad SMARTS) is 1. The SMILES string of the molecule is COCCOCCO.C[C@H](O)C(=O)O. The lowest BCUT2D eigenvalue weighted by molar-refractivity contribution is -0.145. The number of carbonyl (C=O) groups is 1. The Morgan fingerprint density at radius 1 is 1.36 bits per heavy atom. The minimum Gasteiger partial charge on any atom is -0.479 e. The van der Waals surface area contributed by atoms with Crippen LogP contribution in [0.5, 0.6) is 0 Å². The van der Waals surface area contributed by atoms with Crippen molar-refractivity contribution in [2.45, 2.75) is 13.0 Å².